The molecule has 1 atom stereocenters. The van der Waals surface area contributed by atoms with Gasteiger partial charge in [0.1, 0.15) is 5.75 Å². The van der Waals surface area contributed by atoms with E-state index in [4.69, 9.17) is 16.1 Å². The second-order valence-electron chi connectivity index (χ2n) is 3.74. The summed E-state index contributed by atoms with van der Waals surface area (Å²) >= 11 is 7.08. The lowest BCUT2D eigenvalue weighted by atomic mass is 10.3. The van der Waals surface area contributed by atoms with E-state index in [1.807, 2.05) is 20.8 Å². The molecule has 0 heterocycles. The zero-order valence-corrected chi connectivity index (χ0v) is 12.6. The minimum Gasteiger partial charge on any atom is -0.426 e. The summed E-state index contributed by atoms with van der Waals surface area (Å²) in [6, 6.07) is 6.97. The first-order valence-electron chi connectivity index (χ1n) is 5.42. The molecule has 96 valence electrons. The Balaban J connectivity index is 2.79. The number of rotatable bonds is 6. The van der Waals surface area contributed by atoms with Gasteiger partial charge in [0.15, 0.2) is 0 Å². The summed E-state index contributed by atoms with van der Waals surface area (Å²) in [4.78, 5) is 0. The highest BCUT2D eigenvalue weighted by molar-refractivity contribution is 8.56. The molecular weight excluding hydrogens is 277 g/mol. The predicted octanol–water partition coefficient (Wildman–Crippen LogP) is 4.58. The molecule has 1 N–H and O–H groups in total. The topological polar surface area (TPSA) is 38.3 Å². The minimum atomic E-state index is -2.89. The van der Waals surface area contributed by atoms with Crippen LogP contribution in [-0.4, -0.2) is 11.8 Å². The summed E-state index contributed by atoms with van der Waals surface area (Å²) in [7, 11) is 0. The summed E-state index contributed by atoms with van der Waals surface area (Å²) < 4.78 is 18.0. The van der Waals surface area contributed by atoms with Gasteiger partial charge >= 0.3 is 6.72 Å². The molecule has 1 rings (SSSR count). The lowest BCUT2D eigenvalue weighted by molar-refractivity contribution is 0.478. The van der Waals surface area contributed by atoms with Crippen molar-refractivity contribution in [2.45, 2.75) is 26.8 Å². The van der Waals surface area contributed by atoms with Gasteiger partial charge in [-0.3, -0.25) is 0 Å². The van der Waals surface area contributed by atoms with Crippen LogP contribution in [0.2, 0.25) is 5.02 Å². The quantitative estimate of drug-likeness (QED) is 0.779. The van der Waals surface area contributed by atoms with Crippen molar-refractivity contribution in [2.24, 2.45) is 0 Å². The molecule has 0 saturated carbocycles. The zero-order chi connectivity index (χ0) is 12.9. The maximum atomic E-state index is 12.5. The SMILES string of the molecule is CCSP(=O)(NC(C)C)Oc1ccc(Cl)cc1. The lowest BCUT2D eigenvalue weighted by Gasteiger charge is -2.21. The van der Waals surface area contributed by atoms with Gasteiger partial charge in [-0.25, -0.2) is 9.65 Å². The standard InChI is InChI=1S/C11H17ClNO2PS/c1-4-17-16(14,13-9(2)3)15-11-7-5-10(12)6-8-11/h5-9H,4H2,1-3H3,(H,13,14). The van der Waals surface area contributed by atoms with Gasteiger partial charge in [-0.1, -0.05) is 18.5 Å². The first kappa shape index (κ1) is 14.9. The van der Waals surface area contributed by atoms with Crippen molar-refractivity contribution in [1.82, 2.24) is 5.09 Å². The summed E-state index contributed by atoms with van der Waals surface area (Å²) in [6.45, 7) is 2.94. The maximum Gasteiger partial charge on any atom is 0.374 e. The molecule has 0 aliphatic carbocycles. The van der Waals surface area contributed by atoms with Gasteiger partial charge in [-0.15, -0.1) is 0 Å². The first-order valence-corrected chi connectivity index (χ1v) is 9.02. The van der Waals surface area contributed by atoms with Crippen molar-refractivity contribution in [2.75, 3.05) is 5.75 Å². The van der Waals surface area contributed by atoms with Crippen LogP contribution in [0.3, 0.4) is 0 Å². The van der Waals surface area contributed by atoms with E-state index in [9.17, 15) is 4.57 Å². The highest BCUT2D eigenvalue weighted by Crippen LogP contribution is 2.55. The second kappa shape index (κ2) is 6.69. The average Bonchev–Trinajstić information content (AvgIpc) is 2.20. The van der Waals surface area contributed by atoms with E-state index in [1.165, 1.54) is 11.4 Å². The molecule has 1 unspecified atom stereocenters. The Morgan fingerprint density at radius 1 is 1.41 bits per heavy atom. The van der Waals surface area contributed by atoms with Gasteiger partial charge in [-0.2, -0.15) is 0 Å². The fourth-order valence-electron chi connectivity index (χ4n) is 1.21. The van der Waals surface area contributed by atoms with E-state index in [0.29, 0.717) is 10.8 Å². The number of hydrogen-bond acceptors (Lipinski definition) is 3. The van der Waals surface area contributed by atoms with Gasteiger partial charge in [0.05, 0.1) is 0 Å². The fraction of sp³-hybridized carbons (Fsp3) is 0.455. The number of hydrogen-bond donors (Lipinski definition) is 1. The third kappa shape index (κ3) is 5.35. The fourth-order valence-corrected chi connectivity index (χ4v) is 5.18. The molecule has 0 amide bonds. The monoisotopic (exact) mass is 293 g/mol. The molecule has 0 saturated heterocycles. The first-order chi connectivity index (χ1) is 7.95. The minimum absolute atomic E-state index is 0.104. The van der Waals surface area contributed by atoms with Crippen molar-refractivity contribution >= 4 is 29.7 Å². The largest absolute Gasteiger partial charge is 0.426 e. The van der Waals surface area contributed by atoms with E-state index in [2.05, 4.69) is 5.09 Å². The highest BCUT2D eigenvalue weighted by atomic mass is 35.5. The molecule has 0 aliphatic heterocycles. The number of halogens is 1. The molecule has 1 aromatic carbocycles. The maximum absolute atomic E-state index is 12.5. The molecule has 17 heavy (non-hydrogen) atoms. The van der Waals surface area contributed by atoms with Crippen LogP contribution in [0.15, 0.2) is 24.3 Å². The van der Waals surface area contributed by atoms with Crippen LogP contribution in [0.1, 0.15) is 20.8 Å². The second-order valence-corrected chi connectivity index (χ2v) is 8.67. The van der Waals surface area contributed by atoms with E-state index >= 15 is 0 Å². The molecule has 0 radical (unpaired) electrons. The van der Waals surface area contributed by atoms with Crippen LogP contribution in [0, 0.1) is 0 Å². The predicted molar refractivity (Wildman–Crippen MR) is 76.1 cm³/mol. The third-order valence-electron chi connectivity index (χ3n) is 1.75. The Morgan fingerprint density at radius 2 is 2.00 bits per heavy atom. The third-order valence-corrected chi connectivity index (χ3v) is 6.22. The van der Waals surface area contributed by atoms with E-state index in [1.54, 1.807) is 24.3 Å². The van der Waals surface area contributed by atoms with E-state index < -0.39 is 6.72 Å². The smallest absolute Gasteiger partial charge is 0.374 e. The van der Waals surface area contributed by atoms with Gasteiger partial charge in [0, 0.05) is 16.8 Å². The molecule has 3 nitrogen and oxygen atoms in total. The summed E-state index contributed by atoms with van der Waals surface area (Å²) in [5, 5.41) is 3.62. The molecule has 6 heteroatoms. The number of nitrogens with one attached hydrogen (secondary N) is 1. The van der Waals surface area contributed by atoms with Crippen LogP contribution < -0.4 is 9.61 Å². The van der Waals surface area contributed by atoms with Crippen molar-refractivity contribution in [3.63, 3.8) is 0 Å². The molecular formula is C11H17ClNO2PS. The van der Waals surface area contributed by atoms with E-state index in [0.717, 1.165) is 5.75 Å². The lowest BCUT2D eigenvalue weighted by Crippen LogP contribution is -2.20. The van der Waals surface area contributed by atoms with Crippen LogP contribution in [0.5, 0.6) is 5.75 Å². The van der Waals surface area contributed by atoms with Crippen LogP contribution in [0.25, 0.3) is 0 Å². The summed E-state index contributed by atoms with van der Waals surface area (Å²) in [5.41, 5.74) is 0. The zero-order valence-electron chi connectivity index (χ0n) is 10.1. The Labute approximate surface area is 112 Å². The van der Waals surface area contributed by atoms with Gasteiger partial charge in [0.25, 0.3) is 0 Å². The Kier molecular flexibility index (Phi) is 5.87. The Hall–Kier alpha value is -0.150. The molecule has 0 bridgehead atoms. The van der Waals surface area contributed by atoms with Crippen molar-refractivity contribution in [3.8, 4) is 5.75 Å². The van der Waals surface area contributed by atoms with Crippen LogP contribution in [0.4, 0.5) is 0 Å². The Morgan fingerprint density at radius 3 is 2.47 bits per heavy atom. The summed E-state index contributed by atoms with van der Waals surface area (Å²) in [6.07, 6.45) is 0. The normalized spacial score (nSPS) is 14.6. The van der Waals surface area contributed by atoms with Crippen LogP contribution >= 0.6 is 29.7 Å². The van der Waals surface area contributed by atoms with Gasteiger partial charge in [-0.05, 0) is 49.5 Å². The van der Waals surface area contributed by atoms with Crippen molar-refractivity contribution in [1.29, 1.82) is 0 Å². The molecule has 1 aromatic rings. The number of benzene rings is 1. The highest BCUT2D eigenvalue weighted by Gasteiger charge is 2.25. The van der Waals surface area contributed by atoms with Gasteiger partial charge < -0.3 is 4.52 Å². The molecule has 0 aromatic heterocycles. The van der Waals surface area contributed by atoms with Crippen molar-refractivity contribution < 1.29 is 9.09 Å². The Bertz CT molecular complexity index is 397. The molecule has 0 spiro atoms. The van der Waals surface area contributed by atoms with E-state index in [-0.39, 0.29) is 6.04 Å². The molecule has 0 aliphatic rings. The van der Waals surface area contributed by atoms with Gasteiger partial charge in [0.2, 0.25) is 0 Å². The molecule has 0 fully saturated rings. The average molecular weight is 294 g/mol. The van der Waals surface area contributed by atoms with Crippen molar-refractivity contribution in [3.05, 3.63) is 29.3 Å². The summed E-state index contributed by atoms with van der Waals surface area (Å²) in [5.74, 6) is 1.29. The van der Waals surface area contributed by atoms with Crippen LogP contribution in [-0.2, 0) is 4.57 Å².